The van der Waals surface area contributed by atoms with Crippen LogP contribution in [0.15, 0.2) is 59.5 Å². The second kappa shape index (κ2) is 10.8. The Bertz CT molecular complexity index is 715. The van der Waals surface area contributed by atoms with Gasteiger partial charge in [-0.2, -0.15) is 0 Å². The first-order valence-corrected chi connectivity index (χ1v) is 9.94. The van der Waals surface area contributed by atoms with Gasteiger partial charge in [0.1, 0.15) is 0 Å². The maximum atomic E-state index is 12.3. The molecule has 2 rings (SSSR count). The van der Waals surface area contributed by atoms with Crippen LogP contribution in [-0.4, -0.2) is 48.5 Å². The summed E-state index contributed by atoms with van der Waals surface area (Å²) >= 11 is 1.45. The van der Waals surface area contributed by atoms with E-state index in [-0.39, 0.29) is 11.7 Å². The molecule has 0 saturated heterocycles. The van der Waals surface area contributed by atoms with E-state index >= 15 is 0 Å². The average molecular weight is 371 g/mol. The Morgan fingerprint density at radius 2 is 1.65 bits per heavy atom. The smallest absolute Gasteiger partial charge is 0.251 e. The molecule has 4 nitrogen and oxygen atoms in total. The van der Waals surface area contributed by atoms with Crippen LogP contribution in [0.5, 0.6) is 0 Å². The maximum Gasteiger partial charge on any atom is 0.251 e. The zero-order chi connectivity index (χ0) is 18.8. The summed E-state index contributed by atoms with van der Waals surface area (Å²) < 4.78 is 0. The van der Waals surface area contributed by atoms with Crippen LogP contribution in [0.3, 0.4) is 0 Å². The van der Waals surface area contributed by atoms with Gasteiger partial charge < -0.3 is 10.2 Å². The van der Waals surface area contributed by atoms with Crippen molar-refractivity contribution < 1.29 is 9.59 Å². The quantitative estimate of drug-likeness (QED) is 0.511. The van der Waals surface area contributed by atoms with Crippen molar-refractivity contribution in [2.75, 3.05) is 31.9 Å². The van der Waals surface area contributed by atoms with E-state index in [1.54, 1.807) is 6.07 Å². The maximum absolute atomic E-state index is 12.3. The van der Waals surface area contributed by atoms with E-state index in [4.69, 9.17) is 0 Å². The Morgan fingerprint density at radius 3 is 2.35 bits per heavy atom. The molecule has 0 saturated carbocycles. The standard InChI is InChI=1S/C21H26N2O2S/c1-3-23(4-2)14-13-22-21(25)18-11-8-12-19(15-18)26-16-20(24)17-9-6-5-7-10-17/h5-12,15H,3-4,13-14,16H2,1-2H3,(H,22,25). The minimum atomic E-state index is -0.0750. The molecule has 0 fully saturated rings. The molecular weight excluding hydrogens is 344 g/mol. The van der Waals surface area contributed by atoms with E-state index in [0.29, 0.717) is 23.4 Å². The Kier molecular flexibility index (Phi) is 8.38. The molecular formula is C21H26N2O2S. The zero-order valence-electron chi connectivity index (χ0n) is 15.4. The number of nitrogens with zero attached hydrogens (tertiary/aromatic N) is 1. The molecule has 0 aromatic heterocycles. The number of amides is 1. The molecule has 0 aliphatic rings. The lowest BCUT2D eigenvalue weighted by Crippen LogP contribution is -2.34. The Balaban J connectivity index is 1.87. The second-order valence-electron chi connectivity index (χ2n) is 5.89. The highest BCUT2D eigenvalue weighted by molar-refractivity contribution is 8.00. The van der Waals surface area contributed by atoms with Crippen molar-refractivity contribution in [1.82, 2.24) is 10.2 Å². The number of Topliss-reactive ketones (excluding diaryl/α,β-unsaturated/α-hetero) is 1. The average Bonchev–Trinajstić information content (AvgIpc) is 2.70. The van der Waals surface area contributed by atoms with Gasteiger partial charge in [0.25, 0.3) is 5.91 Å². The van der Waals surface area contributed by atoms with Crippen molar-refractivity contribution in [1.29, 1.82) is 0 Å². The van der Waals surface area contributed by atoms with Crippen molar-refractivity contribution in [2.24, 2.45) is 0 Å². The summed E-state index contributed by atoms with van der Waals surface area (Å²) in [6, 6.07) is 16.7. The highest BCUT2D eigenvalue weighted by Gasteiger charge is 2.09. The molecule has 0 aliphatic heterocycles. The zero-order valence-corrected chi connectivity index (χ0v) is 16.2. The predicted octanol–water partition coefficient (Wildman–Crippen LogP) is 3.73. The molecule has 0 spiro atoms. The summed E-state index contributed by atoms with van der Waals surface area (Å²) in [6.45, 7) is 7.66. The fourth-order valence-corrected chi connectivity index (χ4v) is 3.40. The summed E-state index contributed by atoms with van der Waals surface area (Å²) in [5, 5.41) is 2.96. The Hall–Kier alpha value is -2.11. The number of rotatable bonds is 10. The number of nitrogens with one attached hydrogen (secondary N) is 1. The van der Waals surface area contributed by atoms with Crippen molar-refractivity contribution in [2.45, 2.75) is 18.7 Å². The van der Waals surface area contributed by atoms with Crippen LogP contribution in [0, 0.1) is 0 Å². The fraction of sp³-hybridized carbons (Fsp3) is 0.333. The third-order valence-corrected chi connectivity index (χ3v) is 5.16. The molecule has 138 valence electrons. The summed E-state index contributed by atoms with van der Waals surface area (Å²) in [4.78, 5) is 27.7. The molecule has 1 N–H and O–H groups in total. The lowest BCUT2D eigenvalue weighted by molar-refractivity contribution is 0.0948. The monoisotopic (exact) mass is 370 g/mol. The van der Waals surface area contributed by atoms with Crippen molar-refractivity contribution >= 4 is 23.5 Å². The number of carbonyl (C=O) groups excluding carboxylic acids is 2. The van der Waals surface area contributed by atoms with E-state index in [0.717, 1.165) is 24.5 Å². The third-order valence-electron chi connectivity index (χ3n) is 4.17. The largest absolute Gasteiger partial charge is 0.351 e. The minimum Gasteiger partial charge on any atom is -0.351 e. The highest BCUT2D eigenvalue weighted by Crippen LogP contribution is 2.20. The Morgan fingerprint density at radius 1 is 0.962 bits per heavy atom. The van der Waals surface area contributed by atoms with Crippen LogP contribution in [0.1, 0.15) is 34.6 Å². The predicted molar refractivity (Wildman–Crippen MR) is 108 cm³/mol. The van der Waals surface area contributed by atoms with E-state index in [2.05, 4.69) is 24.1 Å². The summed E-state index contributed by atoms with van der Waals surface area (Å²) in [7, 11) is 0. The number of benzene rings is 2. The third kappa shape index (κ3) is 6.32. The molecule has 0 bridgehead atoms. The number of thioether (sulfide) groups is 1. The van der Waals surface area contributed by atoms with Gasteiger partial charge in [-0.05, 0) is 31.3 Å². The lowest BCUT2D eigenvalue weighted by atomic mass is 10.2. The molecule has 0 unspecified atom stereocenters. The molecule has 5 heteroatoms. The molecule has 26 heavy (non-hydrogen) atoms. The van der Waals surface area contributed by atoms with Gasteiger partial charge in [0, 0.05) is 29.1 Å². The first-order chi connectivity index (χ1) is 12.6. The van der Waals surface area contributed by atoms with Crippen molar-refractivity contribution in [3.05, 3.63) is 65.7 Å². The van der Waals surface area contributed by atoms with Gasteiger partial charge in [0.05, 0.1) is 5.75 Å². The van der Waals surface area contributed by atoms with Crippen molar-refractivity contribution in [3.8, 4) is 0 Å². The van der Waals surface area contributed by atoms with Gasteiger partial charge in [-0.25, -0.2) is 0 Å². The molecule has 2 aromatic rings. The van der Waals surface area contributed by atoms with Gasteiger partial charge in [0.15, 0.2) is 5.78 Å². The van der Waals surface area contributed by atoms with Gasteiger partial charge in [0.2, 0.25) is 0 Å². The molecule has 0 heterocycles. The summed E-state index contributed by atoms with van der Waals surface area (Å²) in [5.74, 6) is 0.371. The van der Waals surface area contributed by atoms with Crippen LogP contribution < -0.4 is 5.32 Å². The van der Waals surface area contributed by atoms with Gasteiger partial charge >= 0.3 is 0 Å². The van der Waals surface area contributed by atoms with Crippen LogP contribution in [0.2, 0.25) is 0 Å². The first-order valence-electron chi connectivity index (χ1n) is 8.95. The second-order valence-corrected chi connectivity index (χ2v) is 6.94. The highest BCUT2D eigenvalue weighted by atomic mass is 32.2. The minimum absolute atomic E-state index is 0.0750. The number of hydrogen-bond acceptors (Lipinski definition) is 4. The molecule has 2 aromatic carbocycles. The molecule has 1 amide bonds. The number of carbonyl (C=O) groups is 2. The van der Waals surface area contributed by atoms with Crippen LogP contribution in [0.4, 0.5) is 0 Å². The molecule has 0 aliphatic carbocycles. The van der Waals surface area contributed by atoms with Gasteiger partial charge in [-0.15, -0.1) is 11.8 Å². The summed E-state index contributed by atoms with van der Waals surface area (Å²) in [6.07, 6.45) is 0. The normalized spacial score (nSPS) is 10.7. The number of hydrogen-bond donors (Lipinski definition) is 1. The van der Waals surface area contributed by atoms with Crippen LogP contribution >= 0.6 is 11.8 Å². The van der Waals surface area contributed by atoms with E-state index in [9.17, 15) is 9.59 Å². The van der Waals surface area contributed by atoms with E-state index < -0.39 is 0 Å². The van der Waals surface area contributed by atoms with Gasteiger partial charge in [-0.3, -0.25) is 9.59 Å². The topological polar surface area (TPSA) is 49.4 Å². The van der Waals surface area contributed by atoms with Crippen molar-refractivity contribution in [3.63, 3.8) is 0 Å². The molecule has 0 radical (unpaired) electrons. The van der Waals surface area contributed by atoms with E-state index in [1.165, 1.54) is 11.8 Å². The number of likely N-dealkylation sites (N-methyl/N-ethyl adjacent to an activating group) is 1. The molecule has 0 atom stereocenters. The van der Waals surface area contributed by atoms with Gasteiger partial charge in [-0.1, -0.05) is 50.2 Å². The summed E-state index contributed by atoms with van der Waals surface area (Å²) in [5.41, 5.74) is 1.34. The van der Waals surface area contributed by atoms with Crippen LogP contribution in [0.25, 0.3) is 0 Å². The number of ketones is 1. The fourth-order valence-electron chi connectivity index (χ4n) is 2.55. The van der Waals surface area contributed by atoms with Crippen LogP contribution in [-0.2, 0) is 0 Å². The lowest BCUT2D eigenvalue weighted by Gasteiger charge is -2.18. The van der Waals surface area contributed by atoms with E-state index in [1.807, 2.05) is 48.5 Å². The Labute approximate surface area is 160 Å². The SMILES string of the molecule is CCN(CC)CCNC(=O)c1cccc(SCC(=O)c2ccccc2)c1. The first kappa shape index (κ1) is 20.2.